The molecule has 0 bridgehead atoms. The third kappa shape index (κ3) is 53.2. The smallest absolute Gasteiger partial charge is 0.0786 e. The van der Waals surface area contributed by atoms with E-state index in [0.29, 0.717) is 0 Å². The maximum Gasteiger partial charge on any atom is 0.0786 e. The van der Waals surface area contributed by atoms with Crippen molar-refractivity contribution >= 4 is 0 Å². The largest absolute Gasteiger partial charge is 0.324 e. The summed E-state index contributed by atoms with van der Waals surface area (Å²) in [7, 11) is 0. The Morgan fingerprint density at radius 1 is 0.123 bits per heavy atom. The average Bonchev–Trinajstić information content (AvgIpc) is 3.32. The van der Waals surface area contributed by atoms with Crippen molar-refractivity contribution in [2.75, 3.05) is 26.2 Å². The Labute approximate surface area is 416 Å². The van der Waals surface area contributed by atoms with Crippen LogP contribution in [0.2, 0.25) is 0 Å². The van der Waals surface area contributed by atoms with Crippen molar-refractivity contribution in [2.24, 2.45) is 0 Å². The monoisotopic (exact) mass is 915 g/mol. The maximum absolute atomic E-state index is 2.34. The number of unbranched alkanes of at least 4 members (excludes halogenated alkanes) is 52. The van der Waals surface area contributed by atoms with Crippen molar-refractivity contribution in [3.8, 4) is 0 Å². The van der Waals surface area contributed by atoms with Crippen LogP contribution in [0.4, 0.5) is 0 Å². The molecule has 0 unspecified atom stereocenters. The van der Waals surface area contributed by atoms with Crippen molar-refractivity contribution in [2.45, 2.75) is 387 Å². The number of rotatable bonds is 60. The summed E-state index contributed by atoms with van der Waals surface area (Å²) in [4.78, 5) is 0. The standard InChI is InChI=1S/C64H132N/c1-5-9-13-17-21-25-29-32-35-38-42-46-50-54-58-62-65(61-57-53-49-45-41-28-24-20-16-12-8-4,63-59-55-51-47-43-39-36-33-30-26-22-18-14-10-6-2)64-60-56-52-48-44-40-37-34-31-27-23-19-15-11-7-3/h5-64H2,1-4H3/q+1. The van der Waals surface area contributed by atoms with Crippen LogP contribution in [0.5, 0.6) is 0 Å². The van der Waals surface area contributed by atoms with E-state index in [1.807, 2.05) is 0 Å². The van der Waals surface area contributed by atoms with Gasteiger partial charge in [-0.25, -0.2) is 0 Å². The predicted octanol–water partition coefficient (Wildman–Crippen LogP) is 23.7. The van der Waals surface area contributed by atoms with Crippen LogP contribution in [-0.2, 0) is 0 Å². The molecule has 1 heteroatoms. The zero-order chi connectivity index (χ0) is 46.9. The van der Waals surface area contributed by atoms with Gasteiger partial charge in [-0.2, -0.15) is 0 Å². The third-order valence-electron chi connectivity index (χ3n) is 15.9. The summed E-state index contributed by atoms with van der Waals surface area (Å²) in [6.45, 7) is 15.3. The minimum atomic E-state index is 1.37. The van der Waals surface area contributed by atoms with Crippen LogP contribution in [0.1, 0.15) is 387 Å². The van der Waals surface area contributed by atoms with Crippen molar-refractivity contribution in [1.29, 1.82) is 0 Å². The van der Waals surface area contributed by atoms with E-state index < -0.39 is 0 Å². The van der Waals surface area contributed by atoms with Gasteiger partial charge in [0.05, 0.1) is 26.2 Å². The predicted molar refractivity (Wildman–Crippen MR) is 301 cm³/mol. The summed E-state index contributed by atoms with van der Waals surface area (Å²) in [5, 5.41) is 0. The molecule has 392 valence electrons. The summed E-state index contributed by atoms with van der Waals surface area (Å²) in [5.41, 5.74) is 0. The molecule has 1 nitrogen and oxygen atoms in total. The first kappa shape index (κ1) is 65.0. The molecule has 0 radical (unpaired) electrons. The molecular weight excluding hydrogens is 783 g/mol. The van der Waals surface area contributed by atoms with E-state index >= 15 is 0 Å². The van der Waals surface area contributed by atoms with Gasteiger partial charge in [-0.05, 0) is 51.4 Å². The van der Waals surface area contributed by atoms with Crippen molar-refractivity contribution in [3.63, 3.8) is 0 Å². The first-order valence-corrected chi connectivity index (χ1v) is 32.1. The topological polar surface area (TPSA) is 0 Å². The van der Waals surface area contributed by atoms with Crippen LogP contribution < -0.4 is 0 Å². The molecular formula is C64H132N+. The Hall–Kier alpha value is -0.0400. The molecule has 0 aliphatic heterocycles. The summed E-state index contributed by atoms with van der Waals surface area (Å²) < 4.78 is 1.49. The Morgan fingerprint density at radius 2 is 0.215 bits per heavy atom. The van der Waals surface area contributed by atoms with Crippen LogP contribution in [-0.4, -0.2) is 30.7 Å². The zero-order valence-corrected chi connectivity index (χ0v) is 46.9. The van der Waals surface area contributed by atoms with Gasteiger partial charge in [-0.15, -0.1) is 0 Å². The van der Waals surface area contributed by atoms with E-state index in [0.717, 1.165) is 0 Å². The molecule has 0 spiro atoms. The normalized spacial score (nSPS) is 12.0. The highest BCUT2D eigenvalue weighted by Crippen LogP contribution is 2.23. The molecule has 0 fully saturated rings. The van der Waals surface area contributed by atoms with Gasteiger partial charge in [-0.3, -0.25) is 0 Å². The second kappa shape index (κ2) is 58.3. The molecule has 0 aromatic carbocycles. The molecule has 0 aromatic rings. The van der Waals surface area contributed by atoms with Gasteiger partial charge in [0.25, 0.3) is 0 Å². The maximum atomic E-state index is 2.34. The number of quaternary nitrogens is 1. The van der Waals surface area contributed by atoms with Gasteiger partial charge in [-0.1, -0.05) is 336 Å². The molecule has 0 aliphatic rings. The van der Waals surface area contributed by atoms with E-state index in [4.69, 9.17) is 0 Å². The molecule has 0 saturated heterocycles. The van der Waals surface area contributed by atoms with Gasteiger partial charge in [0.1, 0.15) is 0 Å². The quantitative estimate of drug-likeness (QED) is 0.0421. The highest BCUT2D eigenvalue weighted by atomic mass is 15.3. The summed E-state index contributed by atoms with van der Waals surface area (Å²) in [6.07, 6.45) is 82.7. The zero-order valence-electron chi connectivity index (χ0n) is 46.9. The van der Waals surface area contributed by atoms with E-state index in [2.05, 4.69) is 27.7 Å². The Kier molecular flexibility index (Phi) is 58.2. The third-order valence-corrected chi connectivity index (χ3v) is 15.9. The average molecular weight is 916 g/mol. The minimum Gasteiger partial charge on any atom is -0.324 e. The van der Waals surface area contributed by atoms with Crippen LogP contribution in [0, 0.1) is 0 Å². The molecule has 0 saturated carbocycles. The number of nitrogens with zero attached hydrogens (tertiary/aromatic N) is 1. The molecule has 65 heavy (non-hydrogen) atoms. The lowest BCUT2D eigenvalue weighted by Crippen LogP contribution is -2.50. The first-order valence-electron chi connectivity index (χ1n) is 32.1. The fourth-order valence-corrected chi connectivity index (χ4v) is 11.2. The van der Waals surface area contributed by atoms with Crippen LogP contribution >= 0.6 is 0 Å². The van der Waals surface area contributed by atoms with Gasteiger partial charge < -0.3 is 4.48 Å². The molecule has 0 aliphatic carbocycles. The Morgan fingerprint density at radius 3 is 0.323 bits per heavy atom. The second-order valence-corrected chi connectivity index (χ2v) is 22.6. The lowest BCUT2D eigenvalue weighted by Gasteiger charge is -2.40. The summed E-state index contributed by atoms with van der Waals surface area (Å²) >= 11 is 0. The minimum absolute atomic E-state index is 1.37. The van der Waals surface area contributed by atoms with Crippen LogP contribution in [0.25, 0.3) is 0 Å². The van der Waals surface area contributed by atoms with Gasteiger partial charge in [0.2, 0.25) is 0 Å². The fourth-order valence-electron chi connectivity index (χ4n) is 11.2. The molecule has 0 N–H and O–H groups in total. The Balaban J connectivity index is 4.90. The fraction of sp³-hybridized carbons (Fsp3) is 1.00. The van der Waals surface area contributed by atoms with E-state index in [-0.39, 0.29) is 0 Å². The summed E-state index contributed by atoms with van der Waals surface area (Å²) in [5.74, 6) is 0. The SMILES string of the molecule is CCCCCCCCCCCCCCCCC[N+](CCCCCCCCCCCCC)(CCCCCCCCCCCCCCCCC)CCCCCCCCCCCCCCCCC. The van der Waals surface area contributed by atoms with Gasteiger partial charge in [0.15, 0.2) is 0 Å². The second-order valence-electron chi connectivity index (χ2n) is 22.6. The van der Waals surface area contributed by atoms with Gasteiger partial charge >= 0.3 is 0 Å². The number of hydrogen-bond donors (Lipinski definition) is 0. The van der Waals surface area contributed by atoms with Crippen molar-refractivity contribution in [3.05, 3.63) is 0 Å². The van der Waals surface area contributed by atoms with Crippen LogP contribution in [0.3, 0.4) is 0 Å². The van der Waals surface area contributed by atoms with E-state index in [9.17, 15) is 0 Å². The molecule has 0 amide bonds. The lowest BCUT2D eigenvalue weighted by atomic mass is 10.0. The highest BCUT2D eigenvalue weighted by molar-refractivity contribution is 4.58. The van der Waals surface area contributed by atoms with Crippen LogP contribution in [0.15, 0.2) is 0 Å². The Bertz CT molecular complexity index is 720. The van der Waals surface area contributed by atoms with Crippen molar-refractivity contribution < 1.29 is 4.48 Å². The van der Waals surface area contributed by atoms with Gasteiger partial charge in [0, 0.05) is 0 Å². The van der Waals surface area contributed by atoms with E-state index in [1.165, 1.54) is 390 Å². The molecule has 0 rings (SSSR count). The highest BCUT2D eigenvalue weighted by Gasteiger charge is 2.26. The summed E-state index contributed by atoms with van der Waals surface area (Å²) in [6, 6.07) is 0. The number of hydrogen-bond acceptors (Lipinski definition) is 0. The molecule has 0 aromatic heterocycles. The lowest BCUT2D eigenvalue weighted by molar-refractivity contribution is -0.929. The molecule has 0 atom stereocenters. The van der Waals surface area contributed by atoms with Crippen molar-refractivity contribution in [1.82, 2.24) is 0 Å². The first-order chi connectivity index (χ1) is 32.2. The molecule has 0 heterocycles. The van der Waals surface area contributed by atoms with E-state index in [1.54, 1.807) is 0 Å².